The molecule has 7 heteroatoms. The number of benzene rings is 2. The molecule has 1 atom stereocenters. The molecular weight excluding hydrogens is 362 g/mol. The van der Waals surface area contributed by atoms with Gasteiger partial charge in [-0.3, -0.25) is 9.59 Å². The number of hydrogen-bond donors (Lipinski definition) is 2. The van der Waals surface area contributed by atoms with Gasteiger partial charge in [-0.2, -0.15) is 0 Å². The lowest BCUT2D eigenvalue weighted by Crippen LogP contribution is -2.18. The van der Waals surface area contributed by atoms with Gasteiger partial charge in [-0.05, 0) is 48.9 Å². The number of ether oxygens (including phenoxy) is 2. The van der Waals surface area contributed by atoms with E-state index in [2.05, 4.69) is 5.32 Å². The highest BCUT2D eigenvalue weighted by Crippen LogP contribution is 2.26. The summed E-state index contributed by atoms with van der Waals surface area (Å²) in [6.07, 6.45) is -0.153. The van der Waals surface area contributed by atoms with E-state index in [0.717, 1.165) is 5.56 Å². The van der Waals surface area contributed by atoms with Gasteiger partial charge in [0, 0.05) is 18.0 Å². The molecule has 0 saturated carbocycles. The second kappa shape index (κ2) is 10.1. The number of nitrogens with one attached hydrogen (secondary N) is 1. The van der Waals surface area contributed by atoms with Crippen molar-refractivity contribution < 1.29 is 29.0 Å². The number of carboxylic acids is 1. The van der Waals surface area contributed by atoms with Gasteiger partial charge in [0.15, 0.2) is 0 Å². The van der Waals surface area contributed by atoms with Crippen molar-refractivity contribution in [1.82, 2.24) is 0 Å². The molecular formula is C21H23NO6. The van der Waals surface area contributed by atoms with Crippen LogP contribution >= 0.6 is 0 Å². The minimum absolute atomic E-state index is 0.0122. The summed E-state index contributed by atoms with van der Waals surface area (Å²) < 4.78 is 10.0. The second-order valence-electron chi connectivity index (χ2n) is 6.12. The molecule has 1 amide bonds. The van der Waals surface area contributed by atoms with E-state index in [4.69, 9.17) is 9.47 Å². The highest BCUT2D eigenvalue weighted by atomic mass is 16.5. The van der Waals surface area contributed by atoms with E-state index in [1.54, 1.807) is 62.6 Å². The third kappa shape index (κ3) is 6.12. The number of carbonyl (C=O) groups excluding carboxylic acids is 2. The first kappa shape index (κ1) is 21.0. The summed E-state index contributed by atoms with van der Waals surface area (Å²) in [5, 5.41) is 11.9. The predicted molar refractivity (Wildman–Crippen MR) is 104 cm³/mol. The van der Waals surface area contributed by atoms with Crippen LogP contribution in [0.15, 0.2) is 48.5 Å². The first-order valence-electron chi connectivity index (χ1n) is 8.85. The lowest BCUT2D eigenvalue weighted by molar-refractivity contribution is -0.137. The van der Waals surface area contributed by atoms with E-state index in [9.17, 15) is 19.5 Å². The maximum Gasteiger partial charge on any atom is 0.338 e. The Kier molecular flexibility index (Phi) is 7.56. The SMILES string of the molecule is CCOC(=O)c1ccc(NC(=O)CC(CC(=O)O)c2ccc(OC)cc2)cc1. The quantitative estimate of drug-likeness (QED) is 0.641. The lowest BCUT2D eigenvalue weighted by Gasteiger charge is -2.16. The summed E-state index contributed by atoms with van der Waals surface area (Å²) in [4.78, 5) is 35.3. The first-order chi connectivity index (χ1) is 13.4. The van der Waals surface area contributed by atoms with Gasteiger partial charge in [-0.15, -0.1) is 0 Å². The smallest absolute Gasteiger partial charge is 0.338 e. The van der Waals surface area contributed by atoms with Crippen molar-refractivity contribution in [2.75, 3.05) is 19.0 Å². The van der Waals surface area contributed by atoms with Crippen LogP contribution in [0.5, 0.6) is 5.75 Å². The maximum atomic E-state index is 12.4. The van der Waals surface area contributed by atoms with E-state index >= 15 is 0 Å². The zero-order valence-electron chi connectivity index (χ0n) is 15.8. The standard InChI is InChI=1S/C21H23NO6/c1-3-28-21(26)15-4-8-17(9-5-15)22-19(23)12-16(13-20(24)25)14-6-10-18(27-2)11-7-14/h4-11,16H,3,12-13H2,1-2H3,(H,22,23)(H,24,25). The van der Waals surface area contributed by atoms with Gasteiger partial charge in [-0.25, -0.2) is 4.79 Å². The topological polar surface area (TPSA) is 102 Å². The van der Waals surface area contributed by atoms with Crippen molar-refractivity contribution in [2.45, 2.75) is 25.7 Å². The molecule has 0 aliphatic rings. The molecule has 0 aromatic heterocycles. The highest BCUT2D eigenvalue weighted by molar-refractivity contribution is 5.93. The normalized spacial score (nSPS) is 11.4. The molecule has 0 fully saturated rings. The summed E-state index contributed by atoms with van der Waals surface area (Å²) in [7, 11) is 1.55. The third-order valence-electron chi connectivity index (χ3n) is 4.12. The van der Waals surface area contributed by atoms with Gasteiger partial charge >= 0.3 is 11.9 Å². The summed E-state index contributed by atoms with van der Waals surface area (Å²) >= 11 is 0. The number of anilines is 1. The number of carboxylic acid groups (broad SMARTS) is 1. The monoisotopic (exact) mass is 385 g/mol. The maximum absolute atomic E-state index is 12.4. The molecule has 0 saturated heterocycles. The second-order valence-corrected chi connectivity index (χ2v) is 6.12. The number of carbonyl (C=O) groups is 3. The van der Waals surface area contributed by atoms with Crippen LogP contribution in [0.3, 0.4) is 0 Å². The van der Waals surface area contributed by atoms with Gasteiger partial charge in [0.25, 0.3) is 0 Å². The van der Waals surface area contributed by atoms with Crippen LogP contribution in [0.2, 0.25) is 0 Å². The van der Waals surface area contributed by atoms with Gasteiger partial charge < -0.3 is 19.9 Å². The number of amides is 1. The zero-order valence-corrected chi connectivity index (χ0v) is 15.8. The molecule has 0 spiro atoms. The molecule has 1 unspecified atom stereocenters. The van der Waals surface area contributed by atoms with E-state index in [1.165, 1.54) is 0 Å². The van der Waals surface area contributed by atoms with Crippen molar-refractivity contribution in [3.05, 3.63) is 59.7 Å². The number of rotatable bonds is 9. The van der Waals surface area contributed by atoms with Crippen molar-refractivity contribution in [3.63, 3.8) is 0 Å². The summed E-state index contributed by atoms with van der Waals surface area (Å²) in [6.45, 7) is 2.01. The van der Waals surface area contributed by atoms with E-state index < -0.39 is 17.9 Å². The van der Waals surface area contributed by atoms with Crippen molar-refractivity contribution in [3.8, 4) is 5.75 Å². The molecule has 0 heterocycles. The van der Waals surface area contributed by atoms with Crippen molar-refractivity contribution in [2.24, 2.45) is 0 Å². The minimum atomic E-state index is -0.979. The zero-order chi connectivity index (χ0) is 20.5. The summed E-state index contributed by atoms with van der Waals surface area (Å²) in [6, 6.07) is 13.3. The Bertz CT molecular complexity index is 814. The Morgan fingerprint density at radius 2 is 1.64 bits per heavy atom. The Hall–Kier alpha value is -3.35. The largest absolute Gasteiger partial charge is 0.497 e. The average Bonchev–Trinajstić information content (AvgIpc) is 2.68. The van der Waals surface area contributed by atoms with Crippen LogP contribution in [0.1, 0.15) is 41.6 Å². The van der Waals surface area contributed by atoms with Crippen LogP contribution in [0.25, 0.3) is 0 Å². The molecule has 2 aromatic rings. The fourth-order valence-electron chi connectivity index (χ4n) is 2.73. The summed E-state index contributed by atoms with van der Waals surface area (Å²) in [5.74, 6) is -1.54. The Morgan fingerprint density at radius 3 is 2.18 bits per heavy atom. The van der Waals surface area contributed by atoms with Crippen LogP contribution in [-0.2, 0) is 14.3 Å². The van der Waals surface area contributed by atoms with Crippen LogP contribution in [-0.4, -0.2) is 36.7 Å². The third-order valence-corrected chi connectivity index (χ3v) is 4.12. The molecule has 0 aliphatic heterocycles. The molecule has 2 N–H and O–H groups in total. The Balaban J connectivity index is 2.04. The van der Waals surface area contributed by atoms with E-state index in [0.29, 0.717) is 17.0 Å². The molecule has 2 aromatic carbocycles. The van der Waals surface area contributed by atoms with Gasteiger partial charge in [0.1, 0.15) is 5.75 Å². The summed E-state index contributed by atoms with van der Waals surface area (Å²) in [5.41, 5.74) is 1.65. The molecule has 0 bridgehead atoms. The van der Waals surface area contributed by atoms with E-state index in [-0.39, 0.29) is 25.4 Å². The van der Waals surface area contributed by atoms with Crippen LogP contribution < -0.4 is 10.1 Å². The number of aliphatic carboxylic acids is 1. The number of methoxy groups -OCH3 is 1. The fraction of sp³-hybridized carbons (Fsp3) is 0.286. The molecule has 2 rings (SSSR count). The first-order valence-corrected chi connectivity index (χ1v) is 8.85. The number of esters is 1. The van der Waals surface area contributed by atoms with Crippen molar-refractivity contribution >= 4 is 23.5 Å². The Labute approximate surface area is 163 Å². The van der Waals surface area contributed by atoms with Crippen molar-refractivity contribution in [1.29, 1.82) is 0 Å². The minimum Gasteiger partial charge on any atom is -0.497 e. The number of hydrogen-bond acceptors (Lipinski definition) is 5. The predicted octanol–water partition coefficient (Wildman–Crippen LogP) is 3.46. The lowest BCUT2D eigenvalue weighted by atomic mass is 9.92. The average molecular weight is 385 g/mol. The van der Waals surface area contributed by atoms with Gasteiger partial charge in [0.05, 0.1) is 25.7 Å². The van der Waals surface area contributed by atoms with Crippen LogP contribution in [0, 0.1) is 0 Å². The molecule has 28 heavy (non-hydrogen) atoms. The van der Waals surface area contributed by atoms with E-state index in [1.807, 2.05) is 0 Å². The highest BCUT2D eigenvalue weighted by Gasteiger charge is 2.20. The fourth-order valence-corrected chi connectivity index (χ4v) is 2.73. The molecule has 148 valence electrons. The van der Waals surface area contributed by atoms with Gasteiger partial charge in [0.2, 0.25) is 5.91 Å². The molecule has 0 radical (unpaired) electrons. The van der Waals surface area contributed by atoms with Crippen LogP contribution in [0.4, 0.5) is 5.69 Å². The van der Waals surface area contributed by atoms with Gasteiger partial charge in [-0.1, -0.05) is 12.1 Å². The molecule has 0 aliphatic carbocycles. The Morgan fingerprint density at radius 1 is 1.00 bits per heavy atom. The molecule has 7 nitrogen and oxygen atoms in total.